The van der Waals surface area contributed by atoms with Gasteiger partial charge in [-0.25, -0.2) is 0 Å². The molecule has 0 saturated heterocycles. The van der Waals surface area contributed by atoms with Crippen LogP contribution in [0.1, 0.15) is 11.1 Å². The molecule has 0 bridgehead atoms. The highest BCUT2D eigenvalue weighted by molar-refractivity contribution is 6.10. The van der Waals surface area contributed by atoms with Gasteiger partial charge in [0.15, 0.2) is 0 Å². The van der Waals surface area contributed by atoms with E-state index < -0.39 is 0 Å². The van der Waals surface area contributed by atoms with Crippen LogP contribution in [-0.4, -0.2) is 9.55 Å². The van der Waals surface area contributed by atoms with E-state index in [1.54, 1.807) is 18.3 Å². The van der Waals surface area contributed by atoms with Crippen LogP contribution in [0.15, 0.2) is 85.1 Å². The first-order valence-electron chi connectivity index (χ1n) is 9.19. The Labute approximate surface area is 167 Å². The lowest BCUT2D eigenvalue weighted by Gasteiger charge is -2.13. The fourth-order valence-corrected chi connectivity index (χ4v) is 3.83. The summed E-state index contributed by atoms with van der Waals surface area (Å²) >= 11 is 0. The molecule has 0 aliphatic rings. The third-order valence-corrected chi connectivity index (χ3v) is 5.11. The number of benzene rings is 3. The summed E-state index contributed by atoms with van der Waals surface area (Å²) in [6.07, 6.45) is 1.66. The molecule has 0 atom stereocenters. The van der Waals surface area contributed by atoms with Gasteiger partial charge in [-0.05, 0) is 42.5 Å². The zero-order chi connectivity index (χ0) is 19.8. The summed E-state index contributed by atoms with van der Waals surface area (Å²) < 4.78 is 2.20. The van der Waals surface area contributed by atoms with Gasteiger partial charge in [-0.15, -0.1) is 0 Å². The molecule has 5 rings (SSSR count). The van der Waals surface area contributed by atoms with Crippen molar-refractivity contribution in [2.24, 2.45) is 0 Å². The molecular weight excluding hydrogens is 356 g/mol. The van der Waals surface area contributed by atoms with Crippen molar-refractivity contribution in [1.29, 1.82) is 10.5 Å². The number of nitriles is 2. The number of hydrogen-bond donors (Lipinski definition) is 0. The molecular formula is C25H14N4. The smallest absolute Gasteiger partial charge is 0.0992 e. The van der Waals surface area contributed by atoms with Crippen molar-refractivity contribution in [3.63, 3.8) is 0 Å². The summed E-state index contributed by atoms with van der Waals surface area (Å²) in [5.41, 5.74) is 5.96. The van der Waals surface area contributed by atoms with Crippen LogP contribution in [0.5, 0.6) is 0 Å². The summed E-state index contributed by atoms with van der Waals surface area (Å²) in [6.45, 7) is 0. The van der Waals surface area contributed by atoms with Crippen LogP contribution in [0, 0.1) is 22.7 Å². The summed E-state index contributed by atoms with van der Waals surface area (Å²) in [5.74, 6) is 0. The van der Waals surface area contributed by atoms with Crippen molar-refractivity contribution in [3.8, 4) is 29.1 Å². The number of nitrogens with zero attached hydrogens (tertiary/aromatic N) is 4. The van der Waals surface area contributed by atoms with Gasteiger partial charge in [0.05, 0.1) is 45.7 Å². The van der Waals surface area contributed by atoms with Crippen molar-refractivity contribution >= 4 is 21.8 Å². The summed E-state index contributed by atoms with van der Waals surface area (Å²) in [7, 11) is 0. The van der Waals surface area contributed by atoms with Crippen molar-refractivity contribution < 1.29 is 0 Å². The monoisotopic (exact) mass is 370 g/mol. The molecule has 0 saturated carbocycles. The van der Waals surface area contributed by atoms with Gasteiger partial charge in [-0.3, -0.25) is 4.98 Å². The number of hydrogen-bond acceptors (Lipinski definition) is 3. The lowest BCUT2D eigenvalue weighted by Crippen LogP contribution is -1.98. The zero-order valence-corrected chi connectivity index (χ0v) is 15.4. The average molecular weight is 370 g/mol. The Morgan fingerprint density at radius 3 is 2.28 bits per heavy atom. The first-order valence-corrected chi connectivity index (χ1v) is 9.19. The van der Waals surface area contributed by atoms with Crippen LogP contribution in [0.3, 0.4) is 0 Å². The normalized spacial score (nSPS) is 10.7. The maximum atomic E-state index is 9.34. The molecule has 2 heterocycles. The van der Waals surface area contributed by atoms with E-state index in [2.05, 4.69) is 39.9 Å². The Bertz CT molecular complexity index is 1480. The summed E-state index contributed by atoms with van der Waals surface area (Å²) in [5, 5.41) is 20.8. The Balaban J connectivity index is 1.88. The number of pyridine rings is 1. The second kappa shape index (κ2) is 6.64. The van der Waals surface area contributed by atoms with E-state index in [4.69, 9.17) is 0 Å². The number of para-hydroxylation sites is 2. The van der Waals surface area contributed by atoms with Gasteiger partial charge in [0.25, 0.3) is 0 Å². The molecule has 0 aliphatic heterocycles. The molecule has 0 aliphatic carbocycles. The van der Waals surface area contributed by atoms with E-state index in [9.17, 15) is 10.5 Å². The topological polar surface area (TPSA) is 65.4 Å². The van der Waals surface area contributed by atoms with Gasteiger partial charge in [-0.2, -0.15) is 10.5 Å². The Morgan fingerprint density at radius 2 is 1.41 bits per heavy atom. The Kier molecular flexibility index (Phi) is 3.83. The van der Waals surface area contributed by atoms with Crippen LogP contribution in [0.2, 0.25) is 0 Å². The van der Waals surface area contributed by atoms with Gasteiger partial charge in [0.2, 0.25) is 0 Å². The minimum Gasteiger partial charge on any atom is -0.309 e. The fourth-order valence-electron chi connectivity index (χ4n) is 3.83. The maximum absolute atomic E-state index is 9.34. The first kappa shape index (κ1) is 16.7. The maximum Gasteiger partial charge on any atom is 0.0992 e. The summed E-state index contributed by atoms with van der Waals surface area (Å²) in [6, 6.07) is 29.9. The first-order chi connectivity index (χ1) is 14.3. The molecule has 134 valence electrons. The van der Waals surface area contributed by atoms with E-state index in [1.807, 2.05) is 48.5 Å². The summed E-state index contributed by atoms with van der Waals surface area (Å²) in [4.78, 5) is 4.51. The minimum absolute atomic E-state index is 0.575. The lowest BCUT2D eigenvalue weighted by molar-refractivity contribution is 1.17. The fraction of sp³-hybridized carbons (Fsp3) is 0. The molecule has 0 N–H and O–H groups in total. The van der Waals surface area contributed by atoms with E-state index in [-0.39, 0.29) is 0 Å². The highest BCUT2D eigenvalue weighted by Gasteiger charge is 2.16. The molecule has 3 aromatic carbocycles. The van der Waals surface area contributed by atoms with Crippen molar-refractivity contribution in [2.45, 2.75) is 0 Å². The average Bonchev–Trinajstić information content (AvgIpc) is 3.12. The van der Waals surface area contributed by atoms with E-state index in [0.717, 1.165) is 38.8 Å². The minimum atomic E-state index is 0.575. The predicted molar refractivity (Wildman–Crippen MR) is 113 cm³/mol. The number of fused-ring (bicyclic) bond motifs is 3. The molecule has 5 aromatic rings. The van der Waals surface area contributed by atoms with Gasteiger partial charge in [-0.1, -0.05) is 36.4 Å². The molecule has 29 heavy (non-hydrogen) atoms. The van der Waals surface area contributed by atoms with Gasteiger partial charge < -0.3 is 4.57 Å². The van der Waals surface area contributed by atoms with Crippen molar-refractivity contribution in [2.75, 3.05) is 0 Å². The second-order valence-electron chi connectivity index (χ2n) is 6.76. The molecule has 2 aromatic heterocycles. The highest BCUT2D eigenvalue weighted by Crippen LogP contribution is 2.35. The molecule has 0 fully saturated rings. The van der Waals surface area contributed by atoms with E-state index in [1.165, 1.54) is 0 Å². The van der Waals surface area contributed by atoms with Crippen LogP contribution in [-0.2, 0) is 0 Å². The van der Waals surface area contributed by atoms with Crippen molar-refractivity contribution in [1.82, 2.24) is 9.55 Å². The number of rotatable bonds is 2. The molecule has 0 radical (unpaired) electrons. The van der Waals surface area contributed by atoms with Crippen LogP contribution in [0.4, 0.5) is 0 Å². The number of aromatic nitrogens is 2. The second-order valence-corrected chi connectivity index (χ2v) is 6.76. The lowest BCUT2D eigenvalue weighted by atomic mass is 10.1. The van der Waals surface area contributed by atoms with Gasteiger partial charge in [0, 0.05) is 22.5 Å². The molecule has 0 spiro atoms. The molecule has 0 unspecified atom stereocenters. The van der Waals surface area contributed by atoms with Crippen LogP contribution >= 0.6 is 0 Å². The van der Waals surface area contributed by atoms with Crippen LogP contribution < -0.4 is 0 Å². The van der Waals surface area contributed by atoms with Crippen molar-refractivity contribution in [3.05, 3.63) is 96.2 Å². The van der Waals surface area contributed by atoms with Gasteiger partial charge >= 0.3 is 0 Å². The predicted octanol–water partition coefficient (Wildman–Crippen LogP) is 5.59. The standard InChI is InChI=1S/C25H14N4/c26-15-17-9-10-25-21(13-17)19-5-1-3-7-23(19)29(25)24-8-4-2-6-20(24)22-14-18(16-27)11-12-28-22/h1-14H. The zero-order valence-electron chi connectivity index (χ0n) is 15.4. The Hall–Kier alpha value is -4.41. The third-order valence-electron chi connectivity index (χ3n) is 5.11. The highest BCUT2D eigenvalue weighted by atomic mass is 15.0. The largest absolute Gasteiger partial charge is 0.309 e. The molecule has 4 nitrogen and oxygen atoms in total. The quantitative estimate of drug-likeness (QED) is 0.407. The molecule has 0 amide bonds. The molecule has 4 heteroatoms. The van der Waals surface area contributed by atoms with Gasteiger partial charge in [0.1, 0.15) is 0 Å². The van der Waals surface area contributed by atoms with Crippen LogP contribution in [0.25, 0.3) is 38.8 Å². The third kappa shape index (κ3) is 2.64. The van der Waals surface area contributed by atoms with E-state index >= 15 is 0 Å². The SMILES string of the molecule is N#Cc1ccnc(-c2ccccc2-n2c3ccccc3c3cc(C#N)ccc32)c1. The van der Waals surface area contributed by atoms with E-state index in [0.29, 0.717) is 11.1 Å². The Morgan fingerprint density at radius 1 is 0.690 bits per heavy atom.